The Morgan fingerprint density at radius 3 is 2.50 bits per heavy atom. The lowest BCUT2D eigenvalue weighted by molar-refractivity contribution is 0.0793. The zero-order valence-corrected chi connectivity index (χ0v) is 15.7. The molecule has 2 amide bonds. The van der Waals surface area contributed by atoms with Crippen molar-refractivity contribution in [3.05, 3.63) is 62.7 Å². The Morgan fingerprint density at radius 2 is 1.79 bits per heavy atom. The smallest absolute Gasteiger partial charge is 0.256 e. The summed E-state index contributed by atoms with van der Waals surface area (Å²) in [5.41, 5.74) is 2.64. The van der Waals surface area contributed by atoms with Crippen molar-refractivity contribution in [3.8, 4) is 0 Å². The molecule has 1 fully saturated rings. The Morgan fingerprint density at radius 1 is 1.08 bits per heavy atom. The first-order valence-electron chi connectivity index (χ1n) is 8.02. The first kappa shape index (κ1) is 17.0. The van der Waals surface area contributed by atoms with Gasteiger partial charge in [0.2, 0.25) is 0 Å². The fourth-order valence-electron chi connectivity index (χ4n) is 2.96. The van der Waals surface area contributed by atoms with Crippen LogP contribution in [0.4, 0.5) is 5.69 Å². The van der Waals surface area contributed by atoms with Crippen molar-refractivity contribution in [2.24, 2.45) is 0 Å². The lowest BCUT2D eigenvalue weighted by atomic mass is 10.0. The third-order valence-corrected chi connectivity index (χ3v) is 4.89. The van der Waals surface area contributed by atoms with E-state index in [4.69, 9.17) is 0 Å². The van der Waals surface area contributed by atoms with Gasteiger partial charge in [0.15, 0.2) is 0 Å². The number of amides is 2. The van der Waals surface area contributed by atoms with Crippen LogP contribution in [0, 0.1) is 10.5 Å². The van der Waals surface area contributed by atoms with Gasteiger partial charge >= 0.3 is 0 Å². The van der Waals surface area contributed by atoms with E-state index in [1.807, 2.05) is 42.2 Å². The van der Waals surface area contributed by atoms with Crippen LogP contribution in [0.5, 0.6) is 0 Å². The van der Waals surface area contributed by atoms with Gasteiger partial charge in [-0.05, 0) is 72.2 Å². The number of hydrogen-bond donors (Lipinski definition) is 1. The highest BCUT2D eigenvalue weighted by Crippen LogP contribution is 2.24. The van der Waals surface area contributed by atoms with Gasteiger partial charge in [-0.1, -0.05) is 18.2 Å². The predicted molar refractivity (Wildman–Crippen MR) is 103 cm³/mol. The fraction of sp³-hybridized carbons (Fsp3) is 0.263. The quantitative estimate of drug-likeness (QED) is 0.741. The largest absolute Gasteiger partial charge is 0.339 e. The number of likely N-dealkylation sites (tertiary alicyclic amines) is 1. The summed E-state index contributed by atoms with van der Waals surface area (Å²) in [5.74, 6) is -0.196. The predicted octanol–water partition coefficient (Wildman–Crippen LogP) is 4.09. The third-order valence-electron chi connectivity index (χ3n) is 4.21. The topological polar surface area (TPSA) is 49.4 Å². The molecule has 3 rings (SSSR count). The van der Waals surface area contributed by atoms with E-state index in [1.165, 1.54) is 0 Å². The molecule has 1 aliphatic rings. The van der Waals surface area contributed by atoms with Crippen molar-refractivity contribution >= 4 is 40.1 Å². The van der Waals surface area contributed by atoms with Gasteiger partial charge in [0.05, 0.1) is 11.3 Å². The van der Waals surface area contributed by atoms with Gasteiger partial charge < -0.3 is 10.2 Å². The van der Waals surface area contributed by atoms with Gasteiger partial charge in [-0.25, -0.2) is 0 Å². The van der Waals surface area contributed by atoms with Crippen molar-refractivity contribution < 1.29 is 9.59 Å². The number of benzene rings is 2. The average Bonchev–Trinajstić information content (AvgIpc) is 3.09. The highest BCUT2D eigenvalue weighted by atomic mass is 127. The van der Waals surface area contributed by atoms with Crippen LogP contribution < -0.4 is 5.32 Å². The maximum absolute atomic E-state index is 12.8. The minimum Gasteiger partial charge on any atom is -0.339 e. The lowest BCUT2D eigenvalue weighted by Gasteiger charge is -2.19. The Bertz CT molecular complexity index is 783. The molecule has 1 heterocycles. The number of carbonyl (C=O) groups is 2. The van der Waals surface area contributed by atoms with Crippen molar-refractivity contribution in [1.29, 1.82) is 0 Å². The molecule has 0 aromatic heterocycles. The maximum atomic E-state index is 12.8. The molecule has 1 N–H and O–H groups in total. The molecule has 1 aliphatic heterocycles. The number of carbonyl (C=O) groups excluding carboxylic acids is 2. The summed E-state index contributed by atoms with van der Waals surface area (Å²) in [7, 11) is 0. The average molecular weight is 434 g/mol. The number of nitrogens with zero attached hydrogens (tertiary/aromatic N) is 1. The Balaban J connectivity index is 1.89. The summed E-state index contributed by atoms with van der Waals surface area (Å²) in [6, 6.07) is 12.9. The minimum atomic E-state index is -0.199. The zero-order valence-electron chi connectivity index (χ0n) is 13.5. The summed E-state index contributed by atoms with van der Waals surface area (Å²) in [6.07, 6.45) is 2.09. The van der Waals surface area contributed by atoms with Crippen molar-refractivity contribution in [2.45, 2.75) is 19.8 Å². The molecule has 0 saturated carbocycles. The Labute approximate surface area is 155 Å². The second-order valence-corrected chi connectivity index (χ2v) is 7.21. The van der Waals surface area contributed by atoms with E-state index >= 15 is 0 Å². The van der Waals surface area contributed by atoms with E-state index in [2.05, 4.69) is 27.9 Å². The van der Waals surface area contributed by atoms with Gasteiger partial charge in [0, 0.05) is 22.2 Å². The standard InChI is InChI=1S/C19H19IN2O2/c1-13-6-4-9-16(17(13)19(24)22-10-2-3-11-22)21-18(23)14-7-5-8-15(20)12-14/h4-9,12H,2-3,10-11H2,1H3,(H,21,23). The van der Waals surface area contributed by atoms with Crippen LogP contribution >= 0.6 is 22.6 Å². The molecule has 0 unspecified atom stereocenters. The van der Waals surface area contributed by atoms with E-state index in [0.29, 0.717) is 16.8 Å². The summed E-state index contributed by atoms with van der Waals surface area (Å²) in [6.45, 7) is 3.49. The molecule has 2 aromatic rings. The van der Waals surface area contributed by atoms with Crippen molar-refractivity contribution in [2.75, 3.05) is 18.4 Å². The SMILES string of the molecule is Cc1cccc(NC(=O)c2cccc(I)c2)c1C(=O)N1CCCC1. The van der Waals surface area contributed by atoms with E-state index < -0.39 is 0 Å². The Kier molecular flexibility index (Phi) is 5.18. The normalized spacial score (nSPS) is 13.8. The van der Waals surface area contributed by atoms with E-state index in [9.17, 15) is 9.59 Å². The molecule has 2 aromatic carbocycles. The van der Waals surface area contributed by atoms with Crippen LogP contribution in [0.1, 0.15) is 39.1 Å². The summed E-state index contributed by atoms with van der Waals surface area (Å²) >= 11 is 2.18. The molecule has 0 aliphatic carbocycles. The van der Waals surface area contributed by atoms with Crippen LogP contribution in [0.3, 0.4) is 0 Å². The molecule has 124 valence electrons. The summed E-state index contributed by atoms with van der Waals surface area (Å²) in [5, 5.41) is 2.91. The van der Waals surface area contributed by atoms with Gasteiger partial charge in [-0.2, -0.15) is 0 Å². The van der Waals surface area contributed by atoms with Gasteiger partial charge in [-0.15, -0.1) is 0 Å². The van der Waals surface area contributed by atoms with Gasteiger partial charge in [0.25, 0.3) is 11.8 Å². The summed E-state index contributed by atoms with van der Waals surface area (Å²) in [4.78, 5) is 27.2. The first-order valence-corrected chi connectivity index (χ1v) is 9.10. The van der Waals surface area contributed by atoms with Crippen molar-refractivity contribution in [3.63, 3.8) is 0 Å². The molecular formula is C19H19IN2O2. The monoisotopic (exact) mass is 434 g/mol. The van der Waals surface area contributed by atoms with Gasteiger partial charge in [0.1, 0.15) is 0 Å². The second kappa shape index (κ2) is 7.34. The number of hydrogen-bond acceptors (Lipinski definition) is 2. The van der Waals surface area contributed by atoms with Crippen LogP contribution in [0.25, 0.3) is 0 Å². The molecule has 5 heteroatoms. The first-order chi connectivity index (χ1) is 11.6. The highest BCUT2D eigenvalue weighted by Gasteiger charge is 2.24. The molecule has 0 bridgehead atoms. The number of aryl methyl sites for hydroxylation is 1. The Hall–Kier alpha value is -1.89. The molecule has 0 radical (unpaired) electrons. The number of rotatable bonds is 3. The van der Waals surface area contributed by atoms with Crippen LogP contribution in [0.2, 0.25) is 0 Å². The fourth-order valence-corrected chi connectivity index (χ4v) is 3.50. The molecule has 1 saturated heterocycles. The van der Waals surface area contributed by atoms with E-state index in [0.717, 1.165) is 35.1 Å². The van der Waals surface area contributed by atoms with Crippen LogP contribution in [-0.2, 0) is 0 Å². The lowest BCUT2D eigenvalue weighted by Crippen LogP contribution is -2.29. The van der Waals surface area contributed by atoms with E-state index in [1.54, 1.807) is 12.1 Å². The number of anilines is 1. The molecular weight excluding hydrogens is 415 g/mol. The van der Waals surface area contributed by atoms with Crippen LogP contribution in [-0.4, -0.2) is 29.8 Å². The minimum absolute atomic E-state index is 0.00328. The highest BCUT2D eigenvalue weighted by molar-refractivity contribution is 14.1. The number of nitrogens with one attached hydrogen (secondary N) is 1. The third kappa shape index (κ3) is 3.61. The maximum Gasteiger partial charge on any atom is 0.256 e. The molecule has 24 heavy (non-hydrogen) atoms. The van der Waals surface area contributed by atoms with Crippen LogP contribution in [0.15, 0.2) is 42.5 Å². The molecule has 0 spiro atoms. The van der Waals surface area contributed by atoms with E-state index in [-0.39, 0.29) is 11.8 Å². The second-order valence-electron chi connectivity index (χ2n) is 5.96. The molecule has 4 nitrogen and oxygen atoms in total. The summed E-state index contributed by atoms with van der Waals surface area (Å²) < 4.78 is 0.998. The van der Waals surface area contributed by atoms with Crippen molar-refractivity contribution in [1.82, 2.24) is 4.90 Å². The number of halogens is 1. The zero-order chi connectivity index (χ0) is 17.1. The molecule has 0 atom stereocenters. The van der Waals surface area contributed by atoms with Gasteiger partial charge in [-0.3, -0.25) is 9.59 Å².